The van der Waals surface area contributed by atoms with E-state index in [1.165, 1.54) is 6.33 Å². The van der Waals surface area contributed by atoms with Gasteiger partial charge in [-0.05, 0) is 29.5 Å². The number of aliphatic carboxylic acids is 1. The monoisotopic (exact) mass is 326 g/mol. The molecular formula is C7H7IN2O3S. The fourth-order valence-corrected chi connectivity index (χ4v) is 2.09. The molecule has 0 saturated carbocycles. The van der Waals surface area contributed by atoms with E-state index in [1.54, 1.807) is 6.92 Å². The van der Waals surface area contributed by atoms with E-state index in [-0.39, 0.29) is 5.56 Å². The molecule has 0 saturated heterocycles. The fraction of sp³-hybridized carbons (Fsp3) is 0.286. The maximum absolute atomic E-state index is 11.1. The second-order valence-electron chi connectivity index (χ2n) is 2.45. The molecule has 1 aromatic heterocycles. The van der Waals surface area contributed by atoms with Crippen molar-refractivity contribution in [2.45, 2.75) is 17.2 Å². The molecule has 1 heterocycles. The number of aromatic nitrogens is 2. The van der Waals surface area contributed by atoms with Crippen LogP contribution < -0.4 is 5.56 Å². The zero-order chi connectivity index (χ0) is 10.7. The van der Waals surface area contributed by atoms with Gasteiger partial charge in [0.05, 0.1) is 6.33 Å². The van der Waals surface area contributed by atoms with Gasteiger partial charge in [-0.3, -0.25) is 9.59 Å². The summed E-state index contributed by atoms with van der Waals surface area (Å²) in [6.07, 6.45) is 1.27. The molecule has 76 valence electrons. The third kappa shape index (κ3) is 2.71. The quantitative estimate of drug-likeness (QED) is 0.491. The Morgan fingerprint density at radius 1 is 1.79 bits per heavy atom. The molecule has 1 aromatic rings. The van der Waals surface area contributed by atoms with Gasteiger partial charge in [0.25, 0.3) is 5.56 Å². The SMILES string of the molecule is CC(Sc1nc[nH]c(=O)c1I)C(=O)O. The highest BCUT2D eigenvalue weighted by Crippen LogP contribution is 2.23. The number of nitrogens with one attached hydrogen (secondary N) is 1. The van der Waals surface area contributed by atoms with Crippen LogP contribution in [-0.4, -0.2) is 26.3 Å². The Morgan fingerprint density at radius 2 is 2.43 bits per heavy atom. The molecular weight excluding hydrogens is 319 g/mol. The molecule has 0 aromatic carbocycles. The Bertz CT molecular complexity index is 406. The predicted molar refractivity (Wildman–Crippen MR) is 60.5 cm³/mol. The minimum Gasteiger partial charge on any atom is -0.480 e. The first kappa shape index (κ1) is 11.5. The minimum atomic E-state index is -0.923. The fourth-order valence-electron chi connectivity index (χ4n) is 0.667. The minimum absolute atomic E-state index is 0.249. The highest BCUT2D eigenvalue weighted by molar-refractivity contribution is 14.1. The van der Waals surface area contributed by atoms with Crippen LogP contribution >= 0.6 is 34.4 Å². The third-order valence-electron chi connectivity index (χ3n) is 1.40. The summed E-state index contributed by atoms with van der Waals surface area (Å²) in [6, 6.07) is 0. The summed E-state index contributed by atoms with van der Waals surface area (Å²) in [7, 11) is 0. The summed E-state index contributed by atoms with van der Waals surface area (Å²) in [6.45, 7) is 1.55. The van der Waals surface area contributed by atoms with Gasteiger partial charge in [0.2, 0.25) is 0 Å². The van der Waals surface area contributed by atoms with Crippen molar-refractivity contribution in [3.8, 4) is 0 Å². The number of carbonyl (C=O) groups is 1. The van der Waals surface area contributed by atoms with Gasteiger partial charge in [-0.2, -0.15) is 0 Å². The van der Waals surface area contributed by atoms with Crippen LogP contribution in [0.3, 0.4) is 0 Å². The molecule has 0 aliphatic carbocycles. The normalized spacial score (nSPS) is 12.4. The molecule has 1 rings (SSSR count). The molecule has 0 aliphatic heterocycles. The van der Waals surface area contributed by atoms with Crippen LogP contribution in [0.1, 0.15) is 6.92 Å². The van der Waals surface area contributed by atoms with Gasteiger partial charge in [0.1, 0.15) is 13.8 Å². The van der Waals surface area contributed by atoms with E-state index in [4.69, 9.17) is 5.11 Å². The van der Waals surface area contributed by atoms with Crippen molar-refractivity contribution in [1.29, 1.82) is 0 Å². The smallest absolute Gasteiger partial charge is 0.316 e. The molecule has 0 aliphatic rings. The lowest BCUT2D eigenvalue weighted by molar-refractivity contribution is -0.136. The Morgan fingerprint density at radius 3 is 3.00 bits per heavy atom. The summed E-state index contributed by atoms with van der Waals surface area (Å²) < 4.78 is 0.420. The first-order valence-electron chi connectivity index (χ1n) is 3.65. The number of thioether (sulfide) groups is 1. The first-order chi connectivity index (χ1) is 6.52. The number of halogens is 1. The summed E-state index contributed by atoms with van der Waals surface area (Å²) in [5.74, 6) is -0.923. The summed E-state index contributed by atoms with van der Waals surface area (Å²) in [5, 5.41) is 8.50. The second-order valence-corrected chi connectivity index (χ2v) is 4.86. The number of hydrogen-bond acceptors (Lipinski definition) is 4. The lowest BCUT2D eigenvalue weighted by Gasteiger charge is -2.05. The van der Waals surface area contributed by atoms with E-state index >= 15 is 0 Å². The van der Waals surface area contributed by atoms with Crippen molar-refractivity contribution < 1.29 is 9.90 Å². The first-order valence-corrected chi connectivity index (χ1v) is 5.61. The van der Waals surface area contributed by atoms with Crippen LogP contribution in [0.5, 0.6) is 0 Å². The van der Waals surface area contributed by atoms with Gasteiger partial charge in [-0.1, -0.05) is 11.8 Å². The van der Waals surface area contributed by atoms with E-state index < -0.39 is 11.2 Å². The van der Waals surface area contributed by atoms with Crippen molar-refractivity contribution in [2.75, 3.05) is 0 Å². The Kier molecular flexibility index (Phi) is 3.93. The molecule has 0 spiro atoms. The van der Waals surface area contributed by atoms with Crippen LogP contribution in [0, 0.1) is 3.57 Å². The van der Waals surface area contributed by atoms with Crippen molar-refractivity contribution in [3.05, 3.63) is 20.3 Å². The van der Waals surface area contributed by atoms with Gasteiger partial charge in [0, 0.05) is 0 Å². The summed E-state index contributed by atoms with van der Waals surface area (Å²) in [5.41, 5.74) is -0.249. The molecule has 0 bridgehead atoms. The van der Waals surface area contributed by atoms with Crippen LogP contribution in [0.15, 0.2) is 16.1 Å². The average molecular weight is 326 g/mol. The van der Waals surface area contributed by atoms with Crippen LogP contribution in [0.25, 0.3) is 0 Å². The van der Waals surface area contributed by atoms with Gasteiger partial charge in [0.15, 0.2) is 0 Å². The molecule has 5 nitrogen and oxygen atoms in total. The molecule has 14 heavy (non-hydrogen) atoms. The predicted octanol–water partition coefficient (Wildman–Crippen LogP) is 0.940. The van der Waals surface area contributed by atoms with Gasteiger partial charge < -0.3 is 10.1 Å². The van der Waals surface area contributed by atoms with Crippen molar-refractivity contribution in [2.24, 2.45) is 0 Å². The van der Waals surface area contributed by atoms with E-state index in [0.717, 1.165) is 11.8 Å². The van der Waals surface area contributed by atoms with Crippen molar-refractivity contribution in [1.82, 2.24) is 9.97 Å². The van der Waals surface area contributed by atoms with Crippen molar-refractivity contribution in [3.63, 3.8) is 0 Å². The largest absolute Gasteiger partial charge is 0.480 e. The number of rotatable bonds is 3. The second kappa shape index (κ2) is 4.78. The zero-order valence-corrected chi connectivity index (χ0v) is 10.1. The van der Waals surface area contributed by atoms with Crippen LogP contribution in [0.2, 0.25) is 0 Å². The number of H-pyrrole nitrogens is 1. The molecule has 2 N–H and O–H groups in total. The molecule has 0 fully saturated rings. The van der Waals surface area contributed by atoms with Gasteiger partial charge >= 0.3 is 5.97 Å². The maximum Gasteiger partial charge on any atom is 0.316 e. The number of carboxylic acids is 1. The highest BCUT2D eigenvalue weighted by Gasteiger charge is 2.16. The Labute approximate surface area is 97.5 Å². The molecule has 7 heteroatoms. The third-order valence-corrected chi connectivity index (χ3v) is 3.86. The lowest BCUT2D eigenvalue weighted by Crippen LogP contribution is -2.15. The number of nitrogens with zero attached hydrogens (tertiary/aromatic N) is 1. The Hall–Kier alpha value is -0.570. The van der Waals surface area contributed by atoms with Crippen LogP contribution in [0.4, 0.5) is 0 Å². The molecule has 1 unspecified atom stereocenters. The maximum atomic E-state index is 11.1. The van der Waals surface area contributed by atoms with E-state index in [0.29, 0.717) is 8.60 Å². The number of hydrogen-bond donors (Lipinski definition) is 2. The molecule has 0 radical (unpaired) electrons. The number of aromatic amines is 1. The molecule has 1 atom stereocenters. The van der Waals surface area contributed by atoms with Gasteiger partial charge in [-0.15, -0.1) is 0 Å². The summed E-state index contributed by atoms with van der Waals surface area (Å²) >= 11 is 2.90. The van der Waals surface area contributed by atoms with Gasteiger partial charge in [-0.25, -0.2) is 4.98 Å². The highest BCUT2D eigenvalue weighted by atomic mass is 127. The zero-order valence-electron chi connectivity index (χ0n) is 7.15. The van der Waals surface area contributed by atoms with E-state index in [9.17, 15) is 9.59 Å². The van der Waals surface area contributed by atoms with Crippen molar-refractivity contribution >= 4 is 40.3 Å². The topological polar surface area (TPSA) is 83.0 Å². The van der Waals surface area contributed by atoms with E-state index in [1.807, 2.05) is 22.6 Å². The number of carboxylic acid groups (broad SMARTS) is 1. The summed E-state index contributed by atoms with van der Waals surface area (Å²) in [4.78, 5) is 28.0. The molecule has 0 amide bonds. The average Bonchev–Trinajstić information content (AvgIpc) is 2.12. The van der Waals surface area contributed by atoms with E-state index in [2.05, 4.69) is 9.97 Å². The standard InChI is InChI=1S/C7H7IN2O3S/c1-3(7(12)13)14-6-4(8)5(11)9-2-10-6/h2-3H,1H3,(H,12,13)(H,9,10,11). The lowest BCUT2D eigenvalue weighted by atomic mass is 10.5. The Balaban J connectivity index is 2.92. The van der Waals surface area contributed by atoms with Crippen LogP contribution in [-0.2, 0) is 4.79 Å².